The molecular weight excluding hydrogens is 252 g/mol. The van der Waals surface area contributed by atoms with Crippen molar-refractivity contribution in [3.63, 3.8) is 0 Å². The van der Waals surface area contributed by atoms with E-state index in [1.54, 1.807) is 6.07 Å². The van der Waals surface area contributed by atoms with Crippen molar-refractivity contribution in [3.8, 4) is 0 Å². The van der Waals surface area contributed by atoms with Crippen LogP contribution in [0.3, 0.4) is 0 Å². The van der Waals surface area contributed by atoms with E-state index in [0.29, 0.717) is 6.04 Å². The summed E-state index contributed by atoms with van der Waals surface area (Å²) >= 11 is 0. The number of anilines is 1. The Kier molecular flexibility index (Phi) is 3.78. The predicted octanol–water partition coefficient (Wildman–Crippen LogP) is 1.61. The van der Waals surface area contributed by atoms with Crippen LogP contribution in [0.5, 0.6) is 0 Å². The molecule has 1 atom stereocenters. The minimum absolute atomic E-state index is 0.0421. The summed E-state index contributed by atoms with van der Waals surface area (Å²) in [6, 6.07) is 2.85. The molecule has 1 aliphatic carbocycles. The summed E-state index contributed by atoms with van der Waals surface area (Å²) in [5.74, 6) is 1.87. The minimum Gasteiger partial charge on any atom is -0.352 e. The summed E-state index contributed by atoms with van der Waals surface area (Å²) in [4.78, 5) is 21.6. The van der Waals surface area contributed by atoms with Crippen LogP contribution < -0.4 is 15.8 Å². The molecule has 1 saturated carbocycles. The highest BCUT2D eigenvalue weighted by Crippen LogP contribution is 2.25. The largest absolute Gasteiger partial charge is 0.352 e. The van der Waals surface area contributed by atoms with Crippen LogP contribution in [0.4, 0.5) is 5.82 Å². The smallest absolute Gasteiger partial charge is 0.252 e. The van der Waals surface area contributed by atoms with Crippen molar-refractivity contribution in [2.75, 3.05) is 18.0 Å². The second kappa shape index (κ2) is 5.56. The zero-order chi connectivity index (χ0) is 14.1. The van der Waals surface area contributed by atoms with E-state index in [1.165, 1.54) is 25.7 Å². The fraction of sp³-hybridized carbons (Fsp3) is 0.733. The van der Waals surface area contributed by atoms with Gasteiger partial charge in [-0.3, -0.25) is 4.79 Å². The van der Waals surface area contributed by atoms with Crippen LogP contribution in [0.25, 0.3) is 0 Å². The van der Waals surface area contributed by atoms with Crippen molar-refractivity contribution in [2.24, 2.45) is 0 Å². The Bertz CT molecular complexity index is 521. The van der Waals surface area contributed by atoms with Crippen LogP contribution in [-0.4, -0.2) is 35.1 Å². The number of nitrogens with zero attached hydrogens (tertiary/aromatic N) is 2. The third-order valence-corrected chi connectivity index (χ3v) is 4.18. The molecule has 0 bridgehead atoms. The Hall–Kier alpha value is -1.36. The van der Waals surface area contributed by atoms with Gasteiger partial charge in [0.05, 0.1) is 0 Å². The highest BCUT2D eigenvalue weighted by Gasteiger charge is 2.29. The molecule has 1 saturated heterocycles. The molecule has 20 heavy (non-hydrogen) atoms. The van der Waals surface area contributed by atoms with Crippen LogP contribution in [0, 0.1) is 0 Å². The van der Waals surface area contributed by atoms with Gasteiger partial charge in [0.25, 0.3) is 5.56 Å². The van der Waals surface area contributed by atoms with Gasteiger partial charge in [0.15, 0.2) is 0 Å². The first-order chi connectivity index (χ1) is 9.63. The maximum atomic E-state index is 11.8. The average Bonchev–Trinajstić information content (AvgIpc) is 3.12. The monoisotopic (exact) mass is 276 g/mol. The Labute approximate surface area is 119 Å². The van der Waals surface area contributed by atoms with Gasteiger partial charge in [0.1, 0.15) is 11.6 Å². The molecule has 5 heteroatoms. The van der Waals surface area contributed by atoms with Crippen molar-refractivity contribution in [1.82, 2.24) is 15.3 Å². The van der Waals surface area contributed by atoms with E-state index in [0.717, 1.165) is 30.8 Å². The normalized spacial score (nSPS) is 22.8. The summed E-state index contributed by atoms with van der Waals surface area (Å²) in [7, 11) is 0. The maximum absolute atomic E-state index is 11.8. The second-order valence-electron chi connectivity index (χ2n) is 6.32. The van der Waals surface area contributed by atoms with Gasteiger partial charge in [-0.2, -0.15) is 0 Å². The van der Waals surface area contributed by atoms with Crippen LogP contribution in [0.15, 0.2) is 10.9 Å². The lowest BCUT2D eigenvalue weighted by Crippen LogP contribution is -2.39. The van der Waals surface area contributed by atoms with Gasteiger partial charge < -0.3 is 15.2 Å². The van der Waals surface area contributed by atoms with E-state index >= 15 is 0 Å². The standard InChI is InChI=1S/C15H24N4O/c1-10(2)15-17-13(8-14(20)18-15)19-7-3-4-12(19)9-16-11-5-6-11/h8,10-12,16H,3-7,9H2,1-2H3,(H,17,18,20). The lowest BCUT2D eigenvalue weighted by Gasteiger charge is -2.26. The van der Waals surface area contributed by atoms with Gasteiger partial charge in [0, 0.05) is 37.2 Å². The molecule has 1 aromatic heterocycles. The van der Waals surface area contributed by atoms with Crippen molar-refractivity contribution in [1.29, 1.82) is 0 Å². The maximum Gasteiger partial charge on any atom is 0.252 e. The Morgan fingerprint density at radius 3 is 2.95 bits per heavy atom. The Morgan fingerprint density at radius 1 is 1.45 bits per heavy atom. The molecule has 0 amide bonds. The number of nitrogens with one attached hydrogen (secondary N) is 2. The number of rotatable bonds is 5. The molecule has 110 valence electrons. The quantitative estimate of drug-likeness (QED) is 0.858. The van der Waals surface area contributed by atoms with Gasteiger partial charge in [-0.1, -0.05) is 13.8 Å². The van der Waals surface area contributed by atoms with Crippen LogP contribution in [0.2, 0.25) is 0 Å². The van der Waals surface area contributed by atoms with Gasteiger partial charge >= 0.3 is 0 Å². The molecule has 2 heterocycles. The van der Waals surface area contributed by atoms with Crippen molar-refractivity contribution < 1.29 is 0 Å². The van der Waals surface area contributed by atoms with E-state index in [-0.39, 0.29) is 11.5 Å². The number of aromatic amines is 1. The van der Waals surface area contributed by atoms with Crippen molar-refractivity contribution >= 4 is 5.82 Å². The third kappa shape index (κ3) is 3.03. The number of hydrogen-bond acceptors (Lipinski definition) is 4. The van der Waals surface area contributed by atoms with E-state index in [2.05, 4.69) is 34.0 Å². The van der Waals surface area contributed by atoms with Gasteiger partial charge in [-0.25, -0.2) is 4.98 Å². The van der Waals surface area contributed by atoms with E-state index < -0.39 is 0 Å². The van der Waals surface area contributed by atoms with Crippen LogP contribution in [0.1, 0.15) is 51.3 Å². The molecule has 2 N–H and O–H groups in total. The van der Waals surface area contributed by atoms with Crippen LogP contribution in [-0.2, 0) is 0 Å². The number of hydrogen-bond donors (Lipinski definition) is 2. The van der Waals surface area contributed by atoms with E-state index in [1.807, 2.05) is 0 Å². The molecule has 1 aliphatic heterocycles. The molecule has 0 radical (unpaired) electrons. The minimum atomic E-state index is -0.0421. The fourth-order valence-corrected chi connectivity index (χ4v) is 2.82. The van der Waals surface area contributed by atoms with E-state index in [4.69, 9.17) is 0 Å². The summed E-state index contributed by atoms with van der Waals surface area (Å²) in [5, 5.41) is 3.59. The molecular formula is C15H24N4O. The van der Waals surface area contributed by atoms with Crippen molar-refractivity contribution in [3.05, 3.63) is 22.2 Å². The predicted molar refractivity (Wildman–Crippen MR) is 80.3 cm³/mol. The molecule has 2 fully saturated rings. The van der Waals surface area contributed by atoms with Crippen molar-refractivity contribution in [2.45, 2.75) is 57.5 Å². The molecule has 0 aromatic carbocycles. The SMILES string of the molecule is CC(C)c1nc(N2CCCC2CNC2CC2)cc(=O)[nH]1. The Balaban J connectivity index is 1.77. The number of aromatic nitrogens is 2. The topological polar surface area (TPSA) is 61.0 Å². The second-order valence-corrected chi connectivity index (χ2v) is 6.32. The zero-order valence-corrected chi connectivity index (χ0v) is 12.4. The number of H-pyrrole nitrogens is 1. The average molecular weight is 276 g/mol. The summed E-state index contributed by atoms with van der Waals surface area (Å²) < 4.78 is 0. The highest BCUT2D eigenvalue weighted by molar-refractivity contribution is 5.40. The fourth-order valence-electron chi connectivity index (χ4n) is 2.82. The zero-order valence-electron chi connectivity index (χ0n) is 12.4. The van der Waals surface area contributed by atoms with Gasteiger partial charge in [0.2, 0.25) is 0 Å². The molecule has 3 rings (SSSR count). The van der Waals surface area contributed by atoms with Gasteiger partial charge in [-0.15, -0.1) is 0 Å². The molecule has 5 nitrogen and oxygen atoms in total. The van der Waals surface area contributed by atoms with Gasteiger partial charge in [-0.05, 0) is 25.7 Å². The first-order valence-electron chi connectivity index (χ1n) is 7.75. The summed E-state index contributed by atoms with van der Waals surface area (Å²) in [6.07, 6.45) is 4.99. The van der Waals surface area contributed by atoms with Crippen LogP contribution >= 0.6 is 0 Å². The first-order valence-corrected chi connectivity index (χ1v) is 7.75. The summed E-state index contributed by atoms with van der Waals surface area (Å²) in [6.45, 7) is 6.12. The van der Waals surface area contributed by atoms with E-state index in [9.17, 15) is 4.79 Å². The lowest BCUT2D eigenvalue weighted by molar-refractivity contribution is 0.567. The summed E-state index contributed by atoms with van der Waals surface area (Å²) in [5.41, 5.74) is -0.0421. The Morgan fingerprint density at radius 2 is 2.25 bits per heavy atom. The third-order valence-electron chi connectivity index (χ3n) is 4.18. The molecule has 0 spiro atoms. The highest BCUT2D eigenvalue weighted by atomic mass is 16.1. The lowest BCUT2D eigenvalue weighted by atomic mass is 10.2. The molecule has 1 aromatic rings. The molecule has 2 aliphatic rings. The molecule has 1 unspecified atom stereocenters. The first kappa shape index (κ1) is 13.6.